The first-order valence-corrected chi connectivity index (χ1v) is 5.21. The van der Waals surface area contributed by atoms with Gasteiger partial charge in [-0.2, -0.15) is 0 Å². The van der Waals surface area contributed by atoms with Gasteiger partial charge >= 0.3 is 0 Å². The van der Waals surface area contributed by atoms with Gasteiger partial charge in [0.05, 0.1) is 20.8 Å². The summed E-state index contributed by atoms with van der Waals surface area (Å²) in [4.78, 5) is 0. The molecule has 1 aromatic carbocycles. The standard InChI is InChI=1S/C10H14BrNO3/c1-6-4-8(14-2)10(15-3)7(5-12-13)9(6)11/h4,12-13H,5H2,1-3H3. The fourth-order valence-electron chi connectivity index (χ4n) is 1.42. The second kappa shape index (κ2) is 5.34. The molecule has 0 unspecified atom stereocenters. The maximum Gasteiger partial charge on any atom is 0.166 e. The van der Waals surface area contributed by atoms with Gasteiger partial charge in [0.1, 0.15) is 0 Å². The molecular weight excluding hydrogens is 262 g/mol. The van der Waals surface area contributed by atoms with Gasteiger partial charge in [0.25, 0.3) is 0 Å². The molecule has 0 saturated carbocycles. The number of nitrogens with one attached hydrogen (secondary N) is 1. The number of halogens is 1. The molecule has 0 spiro atoms. The Bertz CT molecular complexity index is 355. The number of hydrogen-bond acceptors (Lipinski definition) is 4. The van der Waals surface area contributed by atoms with Crippen molar-refractivity contribution in [3.8, 4) is 11.5 Å². The molecule has 4 nitrogen and oxygen atoms in total. The Balaban J connectivity index is 3.35. The number of hydrogen-bond donors (Lipinski definition) is 2. The lowest BCUT2D eigenvalue weighted by molar-refractivity contribution is 0.159. The van der Waals surface area contributed by atoms with Gasteiger partial charge in [0.15, 0.2) is 11.5 Å². The maximum absolute atomic E-state index is 8.75. The van der Waals surface area contributed by atoms with E-state index < -0.39 is 0 Å². The molecule has 5 heteroatoms. The molecule has 0 aliphatic heterocycles. The third-order valence-electron chi connectivity index (χ3n) is 2.14. The zero-order valence-corrected chi connectivity index (χ0v) is 10.5. The van der Waals surface area contributed by atoms with E-state index in [1.807, 2.05) is 13.0 Å². The second-order valence-corrected chi connectivity index (χ2v) is 3.85. The van der Waals surface area contributed by atoms with Crippen molar-refractivity contribution < 1.29 is 14.7 Å². The predicted octanol–water partition coefficient (Wildman–Crippen LogP) is 2.25. The second-order valence-electron chi connectivity index (χ2n) is 3.06. The Kier molecular flexibility index (Phi) is 4.38. The molecule has 0 aliphatic rings. The van der Waals surface area contributed by atoms with E-state index in [2.05, 4.69) is 21.4 Å². The van der Waals surface area contributed by atoms with Crippen molar-refractivity contribution in [2.45, 2.75) is 13.5 Å². The van der Waals surface area contributed by atoms with Crippen molar-refractivity contribution in [3.63, 3.8) is 0 Å². The zero-order chi connectivity index (χ0) is 11.4. The van der Waals surface area contributed by atoms with Crippen molar-refractivity contribution >= 4 is 15.9 Å². The minimum atomic E-state index is 0.293. The monoisotopic (exact) mass is 275 g/mol. The third-order valence-corrected chi connectivity index (χ3v) is 3.24. The molecule has 84 valence electrons. The van der Waals surface area contributed by atoms with E-state index >= 15 is 0 Å². The lowest BCUT2D eigenvalue weighted by atomic mass is 10.1. The van der Waals surface area contributed by atoms with E-state index in [1.54, 1.807) is 14.2 Å². The summed E-state index contributed by atoms with van der Waals surface area (Å²) in [5.74, 6) is 1.28. The van der Waals surface area contributed by atoms with Crippen molar-refractivity contribution in [3.05, 3.63) is 21.7 Å². The van der Waals surface area contributed by atoms with Crippen molar-refractivity contribution in [1.29, 1.82) is 0 Å². The fourth-order valence-corrected chi connectivity index (χ4v) is 1.86. The lowest BCUT2D eigenvalue weighted by Crippen LogP contribution is -2.09. The Morgan fingerprint density at radius 2 is 2.07 bits per heavy atom. The molecule has 0 atom stereocenters. The number of ether oxygens (including phenoxy) is 2. The number of aryl methyl sites for hydroxylation is 1. The van der Waals surface area contributed by atoms with E-state index in [9.17, 15) is 0 Å². The number of rotatable bonds is 4. The molecular formula is C10H14BrNO3. The highest BCUT2D eigenvalue weighted by atomic mass is 79.9. The highest BCUT2D eigenvalue weighted by Crippen LogP contribution is 2.38. The van der Waals surface area contributed by atoms with Gasteiger partial charge in [-0.15, -0.1) is 0 Å². The Hall–Kier alpha value is -0.780. The predicted molar refractivity (Wildman–Crippen MR) is 60.6 cm³/mol. The van der Waals surface area contributed by atoms with Gasteiger partial charge in [0, 0.05) is 10.0 Å². The summed E-state index contributed by atoms with van der Waals surface area (Å²) in [5.41, 5.74) is 3.97. The van der Waals surface area contributed by atoms with Crippen LogP contribution < -0.4 is 15.0 Å². The zero-order valence-electron chi connectivity index (χ0n) is 8.93. The maximum atomic E-state index is 8.75. The molecule has 15 heavy (non-hydrogen) atoms. The van der Waals surface area contributed by atoms with Gasteiger partial charge in [-0.3, -0.25) is 0 Å². The quantitative estimate of drug-likeness (QED) is 0.828. The van der Waals surface area contributed by atoms with Crippen LogP contribution in [0.25, 0.3) is 0 Å². The molecule has 0 fully saturated rings. The summed E-state index contributed by atoms with van der Waals surface area (Å²) in [6.07, 6.45) is 0. The van der Waals surface area contributed by atoms with Crippen LogP contribution in [-0.4, -0.2) is 19.4 Å². The van der Waals surface area contributed by atoms with Crippen LogP contribution in [0.2, 0.25) is 0 Å². The van der Waals surface area contributed by atoms with Crippen molar-refractivity contribution in [1.82, 2.24) is 5.48 Å². The average molecular weight is 276 g/mol. The summed E-state index contributed by atoms with van der Waals surface area (Å²) >= 11 is 3.45. The topological polar surface area (TPSA) is 50.7 Å². The summed E-state index contributed by atoms with van der Waals surface area (Å²) in [6, 6.07) is 1.88. The molecule has 0 heterocycles. The van der Waals surface area contributed by atoms with Gasteiger partial charge in [-0.1, -0.05) is 15.9 Å². The largest absolute Gasteiger partial charge is 0.493 e. The van der Waals surface area contributed by atoms with Gasteiger partial charge in [-0.25, -0.2) is 5.48 Å². The summed E-state index contributed by atoms with van der Waals surface area (Å²) in [6.45, 7) is 2.24. The molecule has 0 aliphatic carbocycles. The highest BCUT2D eigenvalue weighted by molar-refractivity contribution is 9.10. The number of benzene rings is 1. The lowest BCUT2D eigenvalue weighted by Gasteiger charge is -2.15. The Morgan fingerprint density at radius 1 is 1.40 bits per heavy atom. The first-order valence-electron chi connectivity index (χ1n) is 4.42. The van der Waals surface area contributed by atoms with Crippen LogP contribution in [0.3, 0.4) is 0 Å². The molecule has 0 aromatic heterocycles. The van der Waals surface area contributed by atoms with Crippen LogP contribution in [-0.2, 0) is 6.54 Å². The minimum Gasteiger partial charge on any atom is -0.493 e. The normalized spacial score (nSPS) is 10.2. The van der Waals surface area contributed by atoms with Crippen molar-refractivity contribution in [2.75, 3.05) is 14.2 Å². The van der Waals surface area contributed by atoms with Gasteiger partial charge < -0.3 is 14.7 Å². The fraction of sp³-hybridized carbons (Fsp3) is 0.400. The highest BCUT2D eigenvalue weighted by Gasteiger charge is 2.15. The van der Waals surface area contributed by atoms with Crippen LogP contribution in [0.1, 0.15) is 11.1 Å². The molecule has 0 saturated heterocycles. The molecule has 0 bridgehead atoms. The molecule has 0 radical (unpaired) electrons. The summed E-state index contributed by atoms with van der Waals surface area (Å²) in [5, 5.41) is 8.75. The third kappa shape index (κ3) is 2.42. The van der Waals surface area contributed by atoms with Crippen LogP contribution in [0.5, 0.6) is 11.5 Å². The van der Waals surface area contributed by atoms with E-state index in [0.29, 0.717) is 18.0 Å². The van der Waals surface area contributed by atoms with E-state index in [1.165, 1.54) is 0 Å². The smallest absolute Gasteiger partial charge is 0.166 e. The minimum absolute atomic E-state index is 0.293. The van der Waals surface area contributed by atoms with E-state index in [0.717, 1.165) is 15.6 Å². The van der Waals surface area contributed by atoms with E-state index in [4.69, 9.17) is 14.7 Å². The molecule has 0 amide bonds. The van der Waals surface area contributed by atoms with Crippen LogP contribution in [0, 0.1) is 6.92 Å². The molecule has 1 aromatic rings. The Morgan fingerprint density at radius 3 is 2.53 bits per heavy atom. The van der Waals surface area contributed by atoms with Crippen molar-refractivity contribution in [2.24, 2.45) is 0 Å². The van der Waals surface area contributed by atoms with Crippen LogP contribution in [0.15, 0.2) is 10.5 Å². The van der Waals surface area contributed by atoms with Crippen LogP contribution >= 0.6 is 15.9 Å². The number of methoxy groups -OCH3 is 2. The average Bonchev–Trinajstić information content (AvgIpc) is 2.24. The molecule has 2 N–H and O–H groups in total. The first-order chi connectivity index (χ1) is 7.15. The Labute approximate surface area is 97.3 Å². The SMILES string of the molecule is COc1cc(C)c(Br)c(CNO)c1OC. The summed E-state index contributed by atoms with van der Waals surface area (Å²) < 4.78 is 11.4. The van der Waals surface area contributed by atoms with Gasteiger partial charge in [0.2, 0.25) is 0 Å². The van der Waals surface area contributed by atoms with Gasteiger partial charge in [-0.05, 0) is 18.6 Å². The summed E-state index contributed by atoms with van der Waals surface area (Å²) in [7, 11) is 3.15. The molecule has 1 rings (SSSR count). The van der Waals surface area contributed by atoms with E-state index in [-0.39, 0.29) is 0 Å². The first kappa shape index (κ1) is 12.3. The number of hydroxylamine groups is 1. The van der Waals surface area contributed by atoms with Crippen LogP contribution in [0.4, 0.5) is 0 Å².